The number of halogens is 1. The highest BCUT2D eigenvalue weighted by Gasteiger charge is 2.42. The quantitative estimate of drug-likeness (QED) is 0.331. The molecule has 1 atom stereocenters. The smallest absolute Gasteiger partial charge is 0.340 e. The number of nitrogens with two attached hydrogens (primary N) is 1. The Morgan fingerprint density at radius 1 is 1.26 bits per heavy atom. The standard InChI is InChI=1S/C24H21BrN2O7/c1-32-24(29)22-20(21-17(28)6-3-7-19(21)34-23(22)26)16-11-14(25)8-9-18(16)33-12-13-4-2-5-15(10-13)27(30)31/h2,4-5,8-11,20H,3,6-7,12,26H2,1H3/t20-/m0/s1. The minimum absolute atomic E-state index is 0.0230. The molecule has 0 bridgehead atoms. The number of ketones is 1. The Morgan fingerprint density at radius 3 is 2.79 bits per heavy atom. The average Bonchev–Trinajstić information content (AvgIpc) is 2.82. The number of rotatable bonds is 6. The number of carbonyl (C=O) groups excluding carboxylic acids is 2. The molecule has 1 aliphatic carbocycles. The van der Waals surface area contributed by atoms with E-state index in [1.165, 1.54) is 19.2 Å². The molecule has 0 radical (unpaired) electrons. The van der Waals surface area contributed by atoms with Gasteiger partial charge in [0.05, 0.1) is 18.0 Å². The average molecular weight is 529 g/mol. The minimum Gasteiger partial charge on any atom is -0.489 e. The number of nitro groups is 1. The third-order valence-electron chi connectivity index (χ3n) is 5.69. The molecule has 4 rings (SSSR count). The Kier molecular flexibility index (Phi) is 6.69. The van der Waals surface area contributed by atoms with E-state index < -0.39 is 16.8 Å². The lowest BCUT2D eigenvalue weighted by Gasteiger charge is -2.33. The van der Waals surface area contributed by atoms with E-state index in [2.05, 4.69) is 15.9 Å². The van der Waals surface area contributed by atoms with Gasteiger partial charge < -0.3 is 19.9 Å². The van der Waals surface area contributed by atoms with Crippen molar-refractivity contribution in [1.82, 2.24) is 0 Å². The van der Waals surface area contributed by atoms with E-state index in [1.807, 2.05) is 0 Å². The topological polar surface area (TPSA) is 131 Å². The molecule has 0 unspecified atom stereocenters. The molecule has 0 aromatic heterocycles. The zero-order valence-corrected chi connectivity index (χ0v) is 19.8. The van der Waals surface area contributed by atoms with Gasteiger partial charge in [0.2, 0.25) is 5.88 Å². The van der Waals surface area contributed by atoms with Crippen LogP contribution in [-0.4, -0.2) is 23.8 Å². The molecule has 10 heteroatoms. The largest absolute Gasteiger partial charge is 0.489 e. The molecule has 2 aromatic carbocycles. The van der Waals surface area contributed by atoms with Crippen LogP contribution in [0.15, 0.2) is 69.7 Å². The van der Waals surface area contributed by atoms with E-state index in [4.69, 9.17) is 19.9 Å². The monoisotopic (exact) mass is 528 g/mol. The zero-order chi connectivity index (χ0) is 24.4. The zero-order valence-electron chi connectivity index (χ0n) is 18.2. The summed E-state index contributed by atoms with van der Waals surface area (Å²) in [6.07, 6.45) is 1.47. The van der Waals surface area contributed by atoms with Crippen molar-refractivity contribution in [2.24, 2.45) is 5.73 Å². The second kappa shape index (κ2) is 9.68. The number of nitrogens with zero attached hydrogens (tertiary/aromatic N) is 1. The first-order chi connectivity index (χ1) is 16.3. The van der Waals surface area contributed by atoms with E-state index in [0.717, 1.165) is 0 Å². The van der Waals surface area contributed by atoms with Crippen LogP contribution in [0.5, 0.6) is 5.75 Å². The number of methoxy groups -OCH3 is 1. The number of carbonyl (C=O) groups is 2. The number of esters is 1. The lowest BCUT2D eigenvalue weighted by atomic mass is 9.77. The molecule has 2 N–H and O–H groups in total. The summed E-state index contributed by atoms with van der Waals surface area (Å²) in [5.41, 5.74) is 7.58. The first kappa shape index (κ1) is 23.5. The summed E-state index contributed by atoms with van der Waals surface area (Å²) in [5, 5.41) is 11.1. The van der Waals surface area contributed by atoms with Crippen LogP contribution in [0.3, 0.4) is 0 Å². The van der Waals surface area contributed by atoms with Gasteiger partial charge in [0.15, 0.2) is 5.78 Å². The number of benzene rings is 2. The van der Waals surface area contributed by atoms with Crippen LogP contribution in [-0.2, 0) is 25.7 Å². The molecular formula is C24H21BrN2O7. The lowest BCUT2D eigenvalue weighted by molar-refractivity contribution is -0.384. The van der Waals surface area contributed by atoms with Crippen molar-refractivity contribution in [3.05, 3.63) is 91.0 Å². The van der Waals surface area contributed by atoms with Crippen molar-refractivity contribution in [2.45, 2.75) is 31.8 Å². The molecule has 0 saturated carbocycles. The fourth-order valence-corrected chi connectivity index (χ4v) is 4.55. The van der Waals surface area contributed by atoms with E-state index in [1.54, 1.807) is 30.3 Å². The summed E-state index contributed by atoms with van der Waals surface area (Å²) in [6.45, 7) is 0.0339. The number of non-ortho nitro benzene ring substituents is 1. The van der Waals surface area contributed by atoms with E-state index in [-0.39, 0.29) is 29.5 Å². The number of allylic oxidation sites excluding steroid dienone is 2. The fourth-order valence-electron chi connectivity index (χ4n) is 4.17. The van der Waals surface area contributed by atoms with Gasteiger partial charge in [-0.3, -0.25) is 14.9 Å². The van der Waals surface area contributed by atoms with Gasteiger partial charge in [-0.05, 0) is 30.2 Å². The van der Waals surface area contributed by atoms with E-state index >= 15 is 0 Å². The van der Waals surface area contributed by atoms with Crippen molar-refractivity contribution >= 4 is 33.4 Å². The fraction of sp³-hybridized carbons (Fsp3) is 0.250. The Balaban J connectivity index is 1.79. The van der Waals surface area contributed by atoms with Crippen molar-refractivity contribution < 1.29 is 28.7 Å². The van der Waals surface area contributed by atoms with Gasteiger partial charge in [-0.15, -0.1) is 0 Å². The first-order valence-electron chi connectivity index (χ1n) is 10.5. The van der Waals surface area contributed by atoms with Crippen LogP contribution in [0.1, 0.15) is 36.3 Å². The van der Waals surface area contributed by atoms with E-state index in [9.17, 15) is 19.7 Å². The third-order valence-corrected chi connectivity index (χ3v) is 6.18. The van der Waals surface area contributed by atoms with Crippen molar-refractivity contribution in [3.63, 3.8) is 0 Å². The normalized spacial score (nSPS) is 17.7. The predicted molar refractivity (Wildman–Crippen MR) is 125 cm³/mol. The van der Waals surface area contributed by atoms with Gasteiger partial charge in [-0.2, -0.15) is 0 Å². The highest BCUT2D eigenvalue weighted by molar-refractivity contribution is 9.10. The van der Waals surface area contributed by atoms with Crippen LogP contribution in [0.4, 0.5) is 5.69 Å². The van der Waals surface area contributed by atoms with Crippen LogP contribution in [0, 0.1) is 10.1 Å². The maximum atomic E-state index is 13.0. The highest BCUT2D eigenvalue weighted by atomic mass is 79.9. The number of Topliss-reactive ketones (excluding diaryl/α,β-unsaturated/α-hetero) is 1. The summed E-state index contributed by atoms with van der Waals surface area (Å²) in [6, 6.07) is 11.3. The second-order valence-corrected chi connectivity index (χ2v) is 8.73. The minimum atomic E-state index is -0.846. The molecule has 0 fully saturated rings. The van der Waals surface area contributed by atoms with Crippen molar-refractivity contribution in [2.75, 3.05) is 7.11 Å². The van der Waals surface area contributed by atoms with Gasteiger partial charge >= 0.3 is 5.97 Å². The lowest BCUT2D eigenvalue weighted by Crippen LogP contribution is -2.31. The van der Waals surface area contributed by atoms with Gasteiger partial charge in [0.1, 0.15) is 23.7 Å². The summed E-state index contributed by atoms with van der Waals surface area (Å²) in [5.74, 6) is -0.977. The van der Waals surface area contributed by atoms with Crippen LogP contribution >= 0.6 is 15.9 Å². The molecule has 0 amide bonds. The first-order valence-corrected chi connectivity index (χ1v) is 11.3. The number of hydrogen-bond donors (Lipinski definition) is 1. The number of nitro benzene ring substituents is 1. The Labute approximate surface area is 203 Å². The Morgan fingerprint density at radius 2 is 2.06 bits per heavy atom. The summed E-state index contributed by atoms with van der Waals surface area (Å²) < 4.78 is 17.4. The van der Waals surface area contributed by atoms with Gasteiger partial charge in [0.25, 0.3) is 5.69 Å². The third kappa shape index (κ3) is 4.54. The van der Waals surface area contributed by atoms with Gasteiger partial charge in [-0.1, -0.05) is 28.1 Å². The predicted octanol–water partition coefficient (Wildman–Crippen LogP) is 4.40. The van der Waals surface area contributed by atoms with E-state index in [0.29, 0.717) is 51.9 Å². The van der Waals surface area contributed by atoms with Crippen LogP contribution in [0.25, 0.3) is 0 Å². The maximum Gasteiger partial charge on any atom is 0.340 e. The molecule has 34 heavy (non-hydrogen) atoms. The maximum absolute atomic E-state index is 13.0. The number of ether oxygens (including phenoxy) is 3. The molecule has 1 heterocycles. The van der Waals surface area contributed by atoms with Gasteiger partial charge in [-0.25, -0.2) is 4.79 Å². The summed E-state index contributed by atoms with van der Waals surface area (Å²) >= 11 is 3.45. The van der Waals surface area contributed by atoms with Crippen LogP contribution < -0.4 is 10.5 Å². The highest BCUT2D eigenvalue weighted by Crippen LogP contribution is 2.47. The SMILES string of the molecule is COC(=O)C1=C(N)OC2=C(C(=O)CCC2)[C@@H]1c1cc(Br)ccc1OCc1cccc([N+](=O)[O-])c1. The Bertz CT molecular complexity index is 1250. The molecule has 1 aliphatic heterocycles. The summed E-state index contributed by atoms with van der Waals surface area (Å²) in [4.78, 5) is 36.3. The van der Waals surface area contributed by atoms with Crippen molar-refractivity contribution in [1.29, 1.82) is 0 Å². The van der Waals surface area contributed by atoms with Gasteiger partial charge in [0, 0.05) is 40.6 Å². The van der Waals surface area contributed by atoms with Crippen molar-refractivity contribution in [3.8, 4) is 5.75 Å². The molecule has 9 nitrogen and oxygen atoms in total. The molecule has 176 valence electrons. The molecule has 2 aromatic rings. The summed E-state index contributed by atoms with van der Waals surface area (Å²) in [7, 11) is 1.23. The Hall–Kier alpha value is -3.66. The van der Waals surface area contributed by atoms with Crippen LogP contribution in [0.2, 0.25) is 0 Å². The number of hydrogen-bond acceptors (Lipinski definition) is 8. The molecule has 0 saturated heterocycles. The molecule has 2 aliphatic rings. The molecular weight excluding hydrogens is 508 g/mol. The second-order valence-electron chi connectivity index (χ2n) is 7.82. The molecule has 0 spiro atoms.